The summed E-state index contributed by atoms with van der Waals surface area (Å²) in [5.74, 6) is 0. The average molecular weight is 286 g/mol. The number of rotatable bonds is 3. The number of hydrogen-bond donors (Lipinski definition) is 1. The molecule has 0 bridgehead atoms. The predicted octanol–water partition coefficient (Wildman–Crippen LogP) is 3.93. The van der Waals surface area contributed by atoms with Crippen molar-refractivity contribution >= 4 is 0 Å². The molecule has 1 N–H and O–H groups in total. The minimum atomic E-state index is 1.05. The highest BCUT2D eigenvalue weighted by Crippen LogP contribution is 2.34. The average Bonchev–Trinajstić information content (AvgIpc) is 3.25. The van der Waals surface area contributed by atoms with Crippen molar-refractivity contribution in [3.05, 3.63) is 79.5 Å². The van der Waals surface area contributed by atoms with Crippen LogP contribution in [-0.2, 0) is 0 Å². The smallest absolute Gasteiger partial charge is 0.124 e. The molecule has 2 aromatic heterocycles. The lowest BCUT2D eigenvalue weighted by Gasteiger charge is -2.08. The van der Waals surface area contributed by atoms with E-state index in [0.717, 1.165) is 28.1 Å². The zero-order chi connectivity index (χ0) is 14.8. The summed E-state index contributed by atoms with van der Waals surface area (Å²) in [7, 11) is 0. The second-order valence-corrected chi connectivity index (χ2v) is 5.03. The molecule has 106 valence electrons. The summed E-state index contributed by atoms with van der Waals surface area (Å²) in [5.41, 5.74) is 5.53. The summed E-state index contributed by atoms with van der Waals surface area (Å²) >= 11 is 0. The predicted molar refractivity (Wildman–Crippen MR) is 86.6 cm³/mol. The molecule has 0 spiro atoms. The van der Waals surface area contributed by atoms with Crippen LogP contribution >= 0.6 is 0 Å². The molecule has 4 nitrogen and oxygen atoms in total. The first-order valence-electron chi connectivity index (χ1n) is 7.11. The summed E-state index contributed by atoms with van der Waals surface area (Å²) < 4.78 is 1.95. The van der Waals surface area contributed by atoms with Crippen molar-refractivity contribution in [1.82, 2.24) is 19.7 Å². The summed E-state index contributed by atoms with van der Waals surface area (Å²) in [5, 5.41) is 7.89. The Labute approximate surface area is 128 Å². The number of H-pyrrole nitrogens is 1. The van der Waals surface area contributed by atoms with Crippen LogP contribution < -0.4 is 0 Å². The number of aromatic nitrogens is 4. The van der Waals surface area contributed by atoms with E-state index in [4.69, 9.17) is 0 Å². The molecular weight excluding hydrogens is 272 g/mol. The first kappa shape index (κ1) is 12.6. The van der Waals surface area contributed by atoms with Crippen LogP contribution in [0.3, 0.4) is 0 Å². The van der Waals surface area contributed by atoms with Crippen molar-refractivity contribution in [2.24, 2.45) is 0 Å². The van der Waals surface area contributed by atoms with Crippen molar-refractivity contribution in [3.8, 4) is 28.1 Å². The molecule has 0 aliphatic carbocycles. The van der Waals surface area contributed by atoms with Crippen molar-refractivity contribution in [2.45, 2.75) is 0 Å². The van der Waals surface area contributed by atoms with Crippen LogP contribution in [0.15, 0.2) is 79.5 Å². The molecule has 0 saturated heterocycles. The molecule has 0 aliphatic heterocycles. The fraction of sp³-hybridized carbons (Fsp3) is 0. The van der Waals surface area contributed by atoms with Crippen LogP contribution in [0.4, 0.5) is 0 Å². The van der Waals surface area contributed by atoms with Gasteiger partial charge in [0, 0.05) is 17.3 Å². The van der Waals surface area contributed by atoms with Crippen LogP contribution in [0.1, 0.15) is 0 Å². The van der Waals surface area contributed by atoms with Crippen LogP contribution in [0.5, 0.6) is 0 Å². The molecule has 0 atom stereocenters. The largest absolute Gasteiger partial charge is 0.359 e. The summed E-state index contributed by atoms with van der Waals surface area (Å²) in [4.78, 5) is 3.40. The Bertz CT molecular complexity index is 805. The Kier molecular flexibility index (Phi) is 3.05. The highest BCUT2D eigenvalue weighted by atomic mass is 15.2. The van der Waals surface area contributed by atoms with Crippen LogP contribution in [0.25, 0.3) is 28.1 Å². The normalized spacial score (nSPS) is 10.7. The third-order valence-corrected chi connectivity index (χ3v) is 3.68. The van der Waals surface area contributed by atoms with Crippen molar-refractivity contribution in [1.29, 1.82) is 0 Å². The van der Waals surface area contributed by atoms with E-state index in [1.807, 2.05) is 47.2 Å². The van der Waals surface area contributed by atoms with E-state index in [1.165, 1.54) is 0 Å². The molecule has 0 saturated carbocycles. The van der Waals surface area contributed by atoms with E-state index in [-0.39, 0.29) is 0 Å². The lowest BCUT2D eigenvalue weighted by atomic mass is 10.0. The highest BCUT2D eigenvalue weighted by Gasteiger charge is 2.15. The number of nitrogens with one attached hydrogen (secondary N) is 1. The summed E-state index contributed by atoms with van der Waals surface area (Å²) in [6.07, 6.45) is 5.48. The van der Waals surface area contributed by atoms with Gasteiger partial charge in [0.2, 0.25) is 0 Å². The molecule has 4 heteroatoms. The zero-order valence-electron chi connectivity index (χ0n) is 11.8. The fourth-order valence-electron chi connectivity index (χ4n) is 2.66. The molecule has 4 aromatic rings. The van der Waals surface area contributed by atoms with Crippen LogP contribution in [0, 0.1) is 0 Å². The molecule has 2 aromatic carbocycles. The van der Waals surface area contributed by atoms with E-state index in [0.29, 0.717) is 0 Å². The first-order valence-corrected chi connectivity index (χ1v) is 7.11. The maximum Gasteiger partial charge on any atom is 0.124 e. The van der Waals surface area contributed by atoms with Gasteiger partial charge in [-0.1, -0.05) is 60.7 Å². The Morgan fingerprint density at radius 1 is 0.727 bits per heavy atom. The maximum absolute atomic E-state index is 3.95. The third kappa shape index (κ3) is 2.11. The van der Waals surface area contributed by atoms with Crippen molar-refractivity contribution < 1.29 is 0 Å². The monoisotopic (exact) mass is 286 g/mol. The molecule has 22 heavy (non-hydrogen) atoms. The Morgan fingerprint density at radius 3 is 1.95 bits per heavy atom. The second-order valence-electron chi connectivity index (χ2n) is 5.03. The van der Waals surface area contributed by atoms with Gasteiger partial charge in [-0.3, -0.25) is 4.57 Å². The van der Waals surface area contributed by atoms with Crippen LogP contribution in [0.2, 0.25) is 0 Å². The second kappa shape index (κ2) is 5.33. The van der Waals surface area contributed by atoms with Gasteiger partial charge < -0.3 is 4.98 Å². The number of benzene rings is 2. The zero-order valence-corrected chi connectivity index (χ0v) is 11.8. The Balaban J connectivity index is 1.96. The van der Waals surface area contributed by atoms with E-state index in [2.05, 4.69) is 39.4 Å². The minimum Gasteiger partial charge on any atom is -0.359 e. The van der Waals surface area contributed by atoms with Gasteiger partial charge in [-0.25, -0.2) is 0 Å². The highest BCUT2D eigenvalue weighted by molar-refractivity contribution is 5.83. The topological polar surface area (TPSA) is 46.5 Å². The Morgan fingerprint density at radius 2 is 1.32 bits per heavy atom. The van der Waals surface area contributed by atoms with E-state index in [1.54, 1.807) is 12.7 Å². The van der Waals surface area contributed by atoms with E-state index in [9.17, 15) is 0 Å². The molecular formula is C18H14N4. The molecule has 0 radical (unpaired) electrons. The van der Waals surface area contributed by atoms with Crippen molar-refractivity contribution in [2.75, 3.05) is 0 Å². The molecule has 0 amide bonds. The molecule has 0 fully saturated rings. The van der Waals surface area contributed by atoms with Gasteiger partial charge in [-0.2, -0.15) is 0 Å². The van der Waals surface area contributed by atoms with Gasteiger partial charge in [0.1, 0.15) is 12.7 Å². The summed E-state index contributed by atoms with van der Waals surface area (Å²) in [6, 6.07) is 20.6. The van der Waals surface area contributed by atoms with Gasteiger partial charge in [0.25, 0.3) is 0 Å². The fourth-order valence-corrected chi connectivity index (χ4v) is 2.66. The molecule has 4 rings (SSSR count). The number of hydrogen-bond acceptors (Lipinski definition) is 2. The van der Waals surface area contributed by atoms with Gasteiger partial charge in [0.15, 0.2) is 0 Å². The van der Waals surface area contributed by atoms with Gasteiger partial charge in [-0.05, 0) is 5.56 Å². The third-order valence-electron chi connectivity index (χ3n) is 3.68. The van der Waals surface area contributed by atoms with Gasteiger partial charge >= 0.3 is 0 Å². The summed E-state index contributed by atoms with van der Waals surface area (Å²) in [6.45, 7) is 0. The quantitative estimate of drug-likeness (QED) is 0.620. The van der Waals surface area contributed by atoms with Gasteiger partial charge in [-0.15, -0.1) is 10.2 Å². The number of aromatic amines is 1. The molecule has 2 heterocycles. The maximum atomic E-state index is 3.95. The standard InChI is InChI=1S/C18H14N4/c1-3-7-14(8-4-1)16-11-19-17(15-9-5-2-6-10-15)18(16)22-12-20-21-13-22/h1-13,19H. The SMILES string of the molecule is c1ccc(-c2c[nH]c(-c3ccccc3)c2-n2cnnc2)cc1. The van der Waals surface area contributed by atoms with Gasteiger partial charge in [0.05, 0.1) is 11.4 Å². The van der Waals surface area contributed by atoms with E-state index >= 15 is 0 Å². The first-order chi connectivity index (χ1) is 10.9. The lowest BCUT2D eigenvalue weighted by Crippen LogP contribution is -1.94. The lowest BCUT2D eigenvalue weighted by molar-refractivity contribution is 1.06. The van der Waals surface area contributed by atoms with Crippen LogP contribution in [-0.4, -0.2) is 19.7 Å². The van der Waals surface area contributed by atoms with Crippen molar-refractivity contribution in [3.63, 3.8) is 0 Å². The Hall–Kier alpha value is -3.14. The molecule has 0 aliphatic rings. The molecule has 0 unspecified atom stereocenters. The minimum absolute atomic E-state index is 1.05. The van der Waals surface area contributed by atoms with E-state index < -0.39 is 0 Å². The number of nitrogens with zero attached hydrogens (tertiary/aromatic N) is 3.